The number of carbonyl (C=O) groups excluding carboxylic acids is 1. The highest BCUT2D eigenvalue weighted by Gasteiger charge is 2.44. The van der Waals surface area contributed by atoms with Crippen molar-refractivity contribution in [1.29, 1.82) is 5.26 Å². The first-order valence-electron chi connectivity index (χ1n) is 6.09. The smallest absolute Gasteiger partial charge is 0.311 e. The molecule has 0 radical (unpaired) electrons. The van der Waals surface area contributed by atoms with Gasteiger partial charge in [-0.05, 0) is 31.0 Å². The Labute approximate surface area is 110 Å². The summed E-state index contributed by atoms with van der Waals surface area (Å²) in [4.78, 5) is 23.1. The Morgan fingerprint density at radius 1 is 1.42 bits per heavy atom. The standard InChI is InChI=1S/C14H14N2O3/c15-8-10-3-1-4-11(7-10)12(17)16-9-14(13(18)19)5-2-6-14/h1,3-4,7H,2,5-6,9H2,(H,16,17)(H,18,19). The van der Waals surface area contributed by atoms with Crippen LogP contribution in [0.4, 0.5) is 0 Å². The lowest BCUT2D eigenvalue weighted by molar-refractivity contribution is -0.153. The molecule has 5 heteroatoms. The highest BCUT2D eigenvalue weighted by molar-refractivity contribution is 5.94. The number of carbonyl (C=O) groups is 2. The number of amides is 1. The van der Waals surface area contributed by atoms with Gasteiger partial charge in [0.05, 0.1) is 17.0 Å². The second kappa shape index (κ2) is 5.11. The third-order valence-electron chi connectivity index (χ3n) is 3.61. The van der Waals surface area contributed by atoms with Gasteiger partial charge in [0.2, 0.25) is 0 Å². The first-order valence-corrected chi connectivity index (χ1v) is 6.09. The van der Waals surface area contributed by atoms with Gasteiger partial charge in [-0.25, -0.2) is 0 Å². The quantitative estimate of drug-likeness (QED) is 0.857. The van der Waals surface area contributed by atoms with E-state index in [0.29, 0.717) is 24.0 Å². The van der Waals surface area contributed by atoms with Gasteiger partial charge in [0.15, 0.2) is 0 Å². The van der Waals surface area contributed by atoms with E-state index >= 15 is 0 Å². The molecule has 2 N–H and O–H groups in total. The summed E-state index contributed by atoms with van der Waals surface area (Å²) in [6, 6.07) is 8.29. The second-order valence-electron chi connectivity index (χ2n) is 4.81. The molecule has 19 heavy (non-hydrogen) atoms. The van der Waals surface area contributed by atoms with Crippen LogP contribution >= 0.6 is 0 Å². The van der Waals surface area contributed by atoms with E-state index in [-0.39, 0.29) is 12.5 Å². The van der Waals surface area contributed by atoms with Crippen LogP contribution in [0.15, 0.2) is 24.3 Å². The highest BCUT2D eigenvalue weighted by Crippen LogP contribution is 2.40. The van der Waals surface area contributed by atoms with Crippen LogP contribution in [0.3, 0.4) is 0 Å². The first-order chi connectivity index (χ1) is 9.07. The molecule has 0 aliphatic heterocycles. The number of rotatable bonds is 4. The van der Waals surface area contributed by atoms with Crippen molar-refractivity contribution in [3.8, 4) is 6.07 Å². The molecule has 1 fully saturated rings. The zero-order valence-corrected chi connectivity index (χ0v) is 10.3. The summed E-state index contributed by atoms with van der Waals surface area (Å²) in [6.45, 7) is 0.137. The molecule has 1 aliphatic rings. The van der Waals surface area contributed by atoms with Crippen LogP contribution in [0.5, 0.6) is 0 Å². The van der Waals surface area contributed by atoms with E-state index in [1.807, 2.05) is 6.07 Å². The zero-order chi connectivity index (χ0) is 13.9. The summed E-state index contributed by atoms with van der Waals surface area (Å²) in [5, 5.41) is 20.6. The summed E-state index contributed by atoms with van der Waals surface area (Å²) in [5.74, 6) is -1.20. The Balaban J connectivity index is 2.02. The van der Waals surface area contributed by atoms with Gasteiger partial charge < -0.3 is 10.4 Å². The van der Waals surface area contributed by atoms with E-state index in [0.717, 1.165) is 6.42 Å². The molecule has 0 aromatic heterocycles. The van der Waals surface area contributed by atoms with Gasteiger partial charge in [0.25, 0.3) is 5.91 Å². The van der Waals surface area contributed by atoms with Crippen molar-refractivity contribution >= 4 is 11.9 Å². The number of carboxylic acids is 1. The van der Waals surface area contributed by atoms with Crippen molar-refractivity contribution in [2.24, 2.45) is 5.41 Å². The van der Waals surface area contributed by atoms with Crippen LogP contribution in [0.25, 0.3) is 0 Å². The number of nitrogens with one attached hydrogen (secondary N) is 1. The van der Waals surface area contributed by atoms with E-state index in [1.165, 1.54) is 6.07 Å². The minimum absolute atomic E-state index is 0.137. The minimum Gasteiger partial charge on any atom is -0.481 e. The number of aliphatic carboxylic acids is 1. The molecule has 2 rings (SSSR count). The average molecular weight is 258 g/mol. The number of nitrogens with zero attached hydrogens (tertiary/aromatic N) is 1. The van der Waals surface area contributed by atoms with Crippen molar-refractivity contribution in [3.63, 3.8) is 0 Å². The lowest BCUT2D eigenvalue weighted by Gasteiger charge is -2.37. The summed E-state index contributed by atoms with van der Waals surface area (Å²) < 4.78 is 0. The number of carboxylic acid groups (broad SMARTS) is 1. The maximum atomic E-state index is 11.9. The maximum Gasteiger partial charge on any atom is 0.311 e. The lowest BCUT2D eigenvalue weighted by atomic mass is 9.69. The van der Waals surface area contributed by atoms with Crippen molar-refractivity contribution in [2.45, 2.75) is 19.3 Å². The van der Waals surface area contributed by atoms with Crippen LogP contribution in [0.1, 0.15) is 35.2 Å². The molecule has 0 spiro atoms. The molecule has 5 nitrogen and oxygen atoms in total. The first kappa shape index (κ1) is 13.1. The van der Waals surface area contributed by atoms with Gasteiger partial charge in [-0.3, -0.25) is 9.59 Å². The number of hydrogen-bond acceptors (Lipinski definition) is 3. The van der Waals surface area contributed by atoms with E-state index in [4.69, 9.17) is 10.4 Å². The maximum absolute atomic E-state index is 11.9. The molecular formula is C14H14N2O3. The lowest BCUT2D eigenvalue weighted by Crippen LogP contribution is -2.47. The largest absolute Gasteiger partial charge is 0.481 e. The molecule has 0 atom stereocenters. The Kier molecular flexibility index (Phi) is 3.52. The minimum atomic E-state index is -0.857. The SMILES string of the molecule is N#Cc1cccc(C(=O)NCC2(C(=O)O)CCC2)c1. The molecular weight excluding hydrogens is 244 g/mol. The number of nitriles is 1. The van der Waals surface area contributed by atoms with Crippen LogP contribution in [-0.2, 0) is 4.79 Å². The predicted octanol–water partition coefficient (Wildman–Crippen LogP) is 1.54. The van der Waals surface area contributed by atoms with E-state index in [9.17, 15) is 9.59 Å². The summed E-state index contributed by atoms with van der Waals surface area (Å²) in [7, 11) is 0. The monoisotopic (exact) mass is 258 g/mol. The van der Waals surface area contributed by atoms with Crippen LogP contribution in [0.2, 0.25) is 0 Å². The summed E-state index contributed by atoms with van der Waals surface area (Å²) >= 11 is 0. The van der Waals surface area contributed by atoms with E-state index in [1.54, 1.807) is 18.2 Å². The molecule has 1 aliphatic carbocycles. The molecule has 98 valence electrons. The zero-order valence-electron chi connectivity index (χ0n) is 10.3. The fourth-order valence-corrected chi connectivity index (χ4v) is 2.15. The second-order valence-corrected chi connectivity index (χ2v) is 4.81. The summed E-state index contributed by atoms with van der Waals surface area (Å²) in [5.41, 5.74) is -0.0224. The Hall–Kier alpha value is -2.35. The van der Waals surface area contributed by atoms with Gasteiger partial charge in [0.1, 0.15) is 0 Å². The summed E-state index contributed by atoms with van der Waals surface area (Å²) in [6.07, 6.45) is 2.08. The Bertz CT molecular complexity index is 556. The molecule has 1 aromatic carbocycles. The van der Waals surface area contributed by atoms with Crippen molar-refractivity contribution in [3.05, 3.63) is 35.4 Å². The normalized spacial score (nSPS) is 15.9. The van der Waals surface area contributed by atoms with E-state index < -0.39 is 11.4 Å². The average Bonchev–Trinajstić information content (AvgIpc) is 2.37. The molecule has 1 amide bonds. The number of benzene rings is 1. The highest BCUT2D eigenvalue weighted by atomic mass is 16.4. The third kappa shape index (κ3) is 2.58. The molecule has 1 aromatic rings. The van der Waals surface area contributed by atoms with Gasteiger partial charge in [-0.2, -0.15) is 5.26 Å². The van der Waals surface area contributed by atoms with Crippen molar-refractivity contribution in [1.82, 2.24) is 5.32 Å². The Morgan fingerprint density at radius 3 is 2.68 bits per heavy atom. The fraction of sp³-hybridized carbons (Fsp3) is 0.357. The van der Waals surface area contributed by atoms with Crippen LogP contribution < -0.4 is 5.32 Å². The number of hydrogen-bond donors (Lipinski definition) is 2. The molecule has 0 bridgehead atoms. The van der Waals surface area contributed by atoms with Gasteiger partial charge >= 0.3 is 5.97 Å². The van der Waals surface area contributed by atoms with Gasteiger partial charge in [-0.15, -0.1) is 0 Å². The van der Waals surface area contributed by atoms with Crippen LogP contribution in [-0.4, -0.2) is 23.5 Å². The Morgan fingerprint density at radius 2 is 2.16 bits per heavy atom. The fourth-order valence-electron chi connectivity index (χ4n) is 2.15. The molecule has 1 saturated carbocycles. The van der Waals surface area contributed by atoms with Gasteiger partial charge in [0, 0.05) is 12.1 Å². The topological polar surface area (TPSA) is 90.2 Å². The van der Waals surface area contributed by atoms with E-state index in [2.05, 4.69) is 5.32 Å². The van der Waals surface area contributed by atoms with Crippen molar-refractivity contribution in [2.75, 3.05) is 6.54 Å². The van der Waals surface area contributed by atoms with Crippen molar-refractivity contribution < 1.29 is 14.7 Å². The van der Waals surface area contributed by atoms with Crippen LogP contribution in [0, 0.1) is 16.7 Å². The third-order valence-corrected chi connectivity index (χ3v) is 3.61. The molecule has 0 saturated heterocycles. The van der Waals surface area contributed by atoms with Gasteiger partial charge in [-0.1, -0.05) is 12.5 Å². The predicted molar refractivity (Wildman–Crippen MR) is 67.4 cm³/mol. The molecule has 0 unspecified atom stereocenters. The molecule has 0 heterocycles.